The molecule has 0 aliphatic rings. The third-order valence-corrected chi connectivity index (χ3v) is 2.36. The van der Waals surface area contributed by atoms with Crippen LogP contribution in [0, 0.1) is 0 Å². The topological polar surface area (TPSA) is 108 Å². The van der Waals surface area contributed by atoms with E-state index in [9.17, 15) is 14.7 Å². The first-order valence-corrected chi connectivity index (χ1v) is 5.64. The van der Waals surface area contributed by atoms with Crippen LogP contribution in [-0.4, -0.2) is 26.0 Å². The summed E-state index contributed by atoms with van der Waals surface area (Å²) >= 11 is 11.2. The molecule has 0 spiro atoms. The molecule has 0 saturated heterocycles. The maximum absolute atomic E-state index is 11.8. The summed E-state index contributed by atoms with van der Waals surface area (Å²) in [6, 6.07) is 3.42. The average molecular weight is 301 g/mol. The van der Waals surface area contributed by atoms with Crippen molar-refractivity contribution in [3.05, 3.63) is 44.6 Å². The molecule has 0 unspecified atom stereocenters. The molecule has 0 bridgehead atoms. The Bertz CT molecular complexity index is 681. The molecule has 2 rings (SSSR count). The maximum Gasteiger partial charge on any atom is 0.257 e. The van der Waals surface area contributed by atoms with Crippen molar-refractivity contribution in [3.8, 4) is 5.88 Å². The lowest BCUT2D eigenvalue weighted by Crippen LogP contribution is -2.16. The number of nitrogens with zero attached hydrogens (tertiary/aromatic N) is 2. The Balaban J connectivity index is 2.27. The molecule has 98 valence electrons. The first kappa shape index (κ1) is 13.3. The summed E-state index contributed by atoms with van der Waals surface area (Å²) in [6.07, 6.45) is 0. The first-order chi connectivity index (χ1) is 8.94. The van der Waals surface area contributed by atoms with Crippen LogP contribution in [0.1, 0.15) is 10.4 Å². The fourth-order valence-corrected chi connectivity index (χ4v) is 1.71. The van der Waals surface area contributed by atoms with Crippen LogP contribution >= 0.6 is 23.2 Å². The van der Waals surface area contributed by atoms with E-state index in [0.717, 1.165) is 12.1 Å². The Kier molecular flexibility index (Phi) is 3.68. The zero-order valence-corrected chi connectivity index (χ0v) is 10.7. The second-order valence-electron chi connectivity index (χ2n) is 3.42. The lowest BCUT2D eigenvalue weighted by Gasteiger charge is -2.05. The molecule has 0 radical (unpaired) electrons. The van der Waals surface area contributed by atoms with Crippen LogP contribution in [0.4, 0.5) is 5.82 Å². The van der Waals surface area contributed by atoms with Gasteiger partial charge in [0.25, 0.3) is 11.5 Å². The van der Waals surface area contributed by atoms with Crippen molar-refractivity contribution in [1.82, 2.24) is 15.0 Å². The van der Waals surface area contributed by atoms with Crippen molar-refractivity contribution in [2.24, 2.45) is 0 Å². The maximum atomic E-state index is 11.8. The smallest absolute Gasteiger partial charge is 0.257 e. The van der Waals surface area contributed by atoms with Crippen molar-refractivity contribution >= 4 is 34.9 Å². The SMILES string of the molecule is O=C(Nc1cc(Cl)nc(Cl)n1)c1cc(O)[nH]c(=O)c1. The minimum Gasteiger partial charge on any atom is -0.494 e. The van der Waals surface area contributed by atoms with E-state index in [2.05, 4.69) is 20.3 Å². The number of carbonyl (C=O) groups excluding carboxylic acids is 1. The second kappa shape index (κ2) is 5.25. The Labute approximate surface area is 116 Å². The van der Waals surface area contributed by atoms with E-state index in [1.54, 1.807) is 0 Å². The highest BCUT2D eigenvalue weighted by molar-refractivity contribution is 6.32. The highest BCUT2D eigenvalue weighted by Gasteiger charge is 2.10. The number of hydrogen-bond acceptors (Lipinski definition) is 5. The number of halogens is 2. The molecule has 0 atom stereocenters. The molecule has 7 nitrogen and oxygen atoms in total. The van der Waals surface area contributed by atoms with Gasteiger partial charge in [0.05, 0.1) is 5.56 Å². The molecule has 2 aromatic rings. The van der Waals surface area contributed by atoms with Crippen LogP contribution in [0.2, 0.25) is 10.4 Å². The van der Waals surface area contributed by atoms with Gasteiger partial charge in [0.2, 0.25) is 5.28 Å². The average Bonchev–Trinajstić information content (AvgIpc) is 2.25. The molecule has 3 N–H and O–H groups in total. The number of pyridine rings is 1. The summed E-state index contributed by atoms with van der Waals surface area (Å²) in [5.41, 5.74) is -0.643. The molecule has 0 aliphatic carbocycles. The molecule has 0 fully saturated rings. The van der Waals surface area contributed by atoms with Crippen LogP contribution in [0.3, 0.4) is 0 Å². The van der Waals surface area contributed by atoms with Gasteiger partial charge in [-0.3, -0.25) is 14.6 Å². The molecule has 9 heteroatoms. The number of amides is 1. The van der Waals surface area contributed by atoms with Gasteiger partial charge >= 0.3 is 0 Å². The molecule has 0 saturated carbocycles. The van der Waals surface area contributed by atoms with Gasteiger partial charge in [0.1, 0.15) is 11.0 Å². The van der Waals surface area contributed by atoms with E-state index in [1.165, 1.54) is 6.07 Å². The number of H-pyrrole nitrogens is 1. The molecule has 19 heavy (non-hydrogen) atoms. The van der Waals surface area contributed by atoms with Crippen molar-refractivity contribution in [2.45, 2.75) is 0 Å². The summed E-state index contributed by atoms with van der Waals surface area (Å²) in [6.45, 7) is 0. The highest BCUT2D eigenvalue weighted by atomic mass is 35.5. The number of nitrogens with one attached hydrogen (secondary N) is 2. The number of carbonyl (C=O) groups is 1. The number of aromatic hydroxyl groups is 1. The van der Waals surface area contributed by atoms with Gasteiger partial charge in [-0.25, -0.2) is 9.97 Å². The monoisotopic (exact) mass is 300 g/mol. The lowest BCUT2D eigenvalue weighted by atomic mass is 10.2. The third-order valence-electron chi connectivity index (χ3n) is 2.00. The van der Waals surface area contributed by atoms with E-state index in [-0.39, 0.29) is 21.8 Å². The third kappa shape index (κ3) is 3.43. The fraction of sp³-hybridized carbons (Fsp3) is 0. The predicted molar refractivity (Wildman–Crippen MR) is 68.7 cm³/mol. The Morgan fingerprint density at radius 1 is 1.26 bits per heavy atom. The normalized spacial score (nSPS) is 10.2. The molecule has 1 amide bonds. The molecule has 2 heterocycles. The minimum atomic E-state index is -0.646. The first-order valence-electron chi connectivity index (χ1n) is 4.89. The van der Waals surface area contributed by atoms with Crippen LogP contribution < -0.4 is 10.9 Å². The van der Waals surface area contributed by atoms with Gasteiger partial charge in [-0.1, -0.05) is 11.6 Å². The Morgan fingerprint density at radius 3 is 2.63 bits per heavy atom. The van der Waals surface area contributed by atoms with E-state index in [1.807, 2.05) is 0 Å². The molecular formula is C10H6Cl2N4O3. The number of hydrogen-bond donors (Lipinski definition) is 3. The van der Waals surface area contributed by atoms with Crippen molar-refractivity contribution in [1.29, 1.82) is 0 Å². The zero-order valence-electron chi connectivity index (χ0n) is 9.15. The summed E-state index contributed by atoms with van der Waals surface area (Å²) in [5.74, 6) is -0.988. The molecule has 0 aliphatic heterocycles. The summed E-state index contributed by atoms with van der Waals surface area (Å²) in [4.78, 5) is 32.4. The quantitative estimate of drug-likeness (QED) is 0.574. The highest BCUT2D eigenvalue weighted by Crippen LogP contribution is 2.15. The van der Waals surface area contributed by atoms with Crippen molar-refractivity contribution < 1.29 is 9.90 Å². The number of aromatic amines is 1. The van der Waals surface area contributed by atoms with E-state index < -0.39 is 17.3 Å². The van der Waals surface area contributed by atoms with Gasteiger partial charge in [-0.05, 0) is 11.6 Å². The van der Waals surface area contributed by atoms with Crippen LogP contribution in [0.25, 0.3) is 0 Å². The summed E-state index contributed by atoms with van der Waals surface area (Å²) in [5, 5.41) is 11.5. The van der Waals surface area contributed by atoms with Crippen molar-refractivity contribution in [3.63, 3.8) is 0 Å². The summed E-state index contributed by atoms with van der Waals surface area (Å²) in [7, 11) is 0. The van der Waals surface area contributed by atoms with Gasteiger partial charge < -0.3 is 10.4 Å². The Hall–Kier alpha value is -2.12. The van der Waals surface area contributed by atoms with Gasteiger partial charge in [0.15, 0.2) is 5.88 Å². The Morgan fingerprint density at radius 2 is 2.00 bits per heavy atom. The number of aromatic nitrogens is 3. The van der Waals surface area contributed by atoms with Crippen molar-refractivity contribution in [2.75, 3.05) is 5.32 Å². The summed E-state index contributed by atoms with van der Waals surface area (Å²) < 4.78 is 0. The minimum absolute atomic E-state index is 0.0351. The van der Waals surface area contributed by atoms with Crippen LogP contribution in [0.15, 0.2) is 23.0 Å². The molecule has 2 aromatic heterocycles. The fourth-order valence-electron chi connectivity index (χ4n) is 1.30. The number of rotatable bonds is 2. The second-order valence-corrected chi connectivity index (χ2v) is 4.14. The van der Waals surface area contributed by atoms with E-state index >= 15 is 0 Å². The standard InChI is InChI=1S/C10H6Cl2N4O3/c11-5-3-6(15-10(12)13-5)14-9(19)4-1-7(17)16-8(18)2-4/h1-3H,(H2,16,17,18)(H,13,14,15,19). The van der Waals surface area contributed by atoms with Gasteiger partial charge in [-0.15, -0.1) is 0 Å². The van der Waals surface area contributed by atoms with Gasteiger partial charge in [-0.2, -0.15) is 0 Å². The van der Waals surface area contributed by atoms with E-state index in [0.29, 0.717) is 0 Å². The van der Waals surface area contributed by atoms with Gasteiger partial charge in [0, 0.05) is 18.2 Å². The number of anilines is 1. The van der Waals surface area contributed by atoms with Crippen LogP contribution in [0.5, 0.6) is 5.88 Å². The predicted octanol–water partition coefficient (Wildman–Crippen LogP) is 1.43. The largest absolute Gasteiger partial charge is 0.494 e. The molecule has 0 aromatic carbocycles. The lowest BCUT2D eigenvalue weighted by molar-refractivity contribution is 0.102. The zero-order chi connectivity index (χ0) is 14.0. The van der Waals surface area contributed by atoms with Crippen LogP contribution in [-0.2, 0) is 0 Å². The van der Waals surface area contributed by atoms with E-state index in [4.69, 9.17) is 23.2 Å². The molecular weight excluding hydrogens is 295 g/mol.